The van der Waals surface area contributed by atoms with Crippen molar-refractivity contribution in [3.63, 3.8) is 0 Å². The third-order valence-corrected chi connectivity index (χ3v) is 2.41. The lowest BCUT2D eigenvalue weighted by Crippen LogP contribution is -2.37. The van der Waals surface area contributed by atoms with Crippen LogP contribution in [-0.2, 0) is 14.3 Å². The average Bonchev–Trinajstić information content (AvgIpc) is 2.72. The summed E-state index contributed by atoms with van der Waals surface area (Å²) in [6, 6.07) is 0. The summed E-state index contributed by atoms with van der Waals surface area (Å²) in [5, 5.41) is 2.77. The Hall–Kier alpha value is -0.650. The number of amides is 1. The molecule has 1 aliphatic rings. The Morgan fingerprint density at radius 1 is 1.60 bits per heavy atom. The van der Waals surface area contributed by atoms with E-state index in [2.05, 4.69) is 5.32 Å². The first kappa shape index (κ1) is 12.4. The number of nitrogens with two attached hydrogens (primary N) is 1. The number of hydrogen-bond donors (Lipinski definition) is 2. The molecule has 0 saturated carbocycles. The summed E-state index contributed by atoms with van der Waals surface area (Å²) in [4.78, 5) is 11.5. The minimum atomic E-state index is -0.319. The Labute approximate surface area is 90.3 Å². The van der Waals surface area contributed by atoms with Crippen LogP contribution in [0.1, 0.15) is 19.8 Å². The molecule has 3 N–H and O–H groups in total. The summed E-state index contributed by atoms with van der Waals surface area (Å²) in [7, 11) is 0. The van der Waals surface area contributed by atoms with Crippen LogP contribution in [0.3, 0.4) is 0 Å². The van der Waals surface area contributed by atoms with Gasteiger partial charge in [-0.2, -0.15) is 0 Å². The van der Waals surface area contributed by atoms with Crippen LogP contribution in [0.15, 0.2) is 0 Å². The van der Waals surface area contributed by atoms with Gasteiger partial charge in [-0.05, 0) is 19.8 Å². The van der Waals surface area contributed by atoms with E-state index in [1.54, 1.807) is 0 Å². The fraction of sp³-hybridized carbons (Fsp3) is 0.900. The first-order valence-electron chi connectivity index (χ1n) is 5.49. The Morgan fingerprint density at radius 3 is 3.00 bits per heavy atom. The zero-order valence-corrected chi connectivity index (χ0v) is 9.20. The van der Waals surface area contributed by atoms with Crippen molar-refractivity contribution in [2.75, 3.05) is 26.3 Å². The molecule has 2 atom stereocenters. The summed E-state index contributed by atoms with van der Waals surface area (Å²) in [6.07, 6.45) is 1.37. The number of rotatable bonds is 6. The summed E-state index contributed by atoms with van der Waals surface area (Å²) in [5.41, 5.74) is 5.46. The fourth-order valence-electron chi connectivity index (χ4n) is 1.58. The number of hydrogen-bond acceptors (Lipinski definition) is 4. The van der Waals surface area contributed by atoms with E-state index in [1.807, 2.05) is 6.92 Å². The van der Waals surface area contributed by atoms with Crippen molar-refractivity contribution in [1.29, 1.82) is 0 Å². The van der Waals surface area contributed by atoms with Crippen LogP contribution in [0.5, 0.6) is 0 Å². The molecular weight excluding hydrogens is 196 g/mol. The van der Waals surface area contributed by atoms with Gasteiger partial charge in [-0.3, -0.25) is 4.79 Å². The molecule has 1 fully saturated rings. The summed E-state index contributed by atoms with van der Waals surface area (Å²) in [6.45, 7) is 4.18. The van der Waals surface area contributed by atoms with Crippen LogP contribution < -0.4 is 11.1 Å². The SMILES string of the molecule is CCOCCNC(=O)[C@@H]1CC[C@H](CN)O1. The zero-order valence-electron chi connectivity index (χ0n) is 9.20. The van der Waals surface area contributed by atoms with E-state index in [9.17, 15) is 4.79 Å². The van der Waals surface area contributed by atoms with E-state index >= 15 is 0 Å². The van der Waals surface area contributed by atoms with Crippen LogP contribution in [0.25, 0.3) is 0 Å². The average molecular weight is 216 g/mol. The first-order valence-corrected chi connectivity index (χ1v) is 5.49. The standard InChI is InChI=1S/C10H20N2O3/c1-2-14-6-5-12-10(13)9-4-3-8(7-11)15-9/h8-9H,2-7,11H2,1H3,(H,12,13)/t8-,9+/m1/s1. The molecule has 5 heteroatoms. The molecule has 0 aromatic rings. The Morgan fingerprint density at radius 2 is 2.40 bits per heavy atom. The van der Waals surface area contributed by atoms with Crippen molar-refractivity contribution >= 4 is 5.91 Å². The van der Waals surface area contributed by atoms with Gasteiger partial charge >= 0.3 is 0 Å². The van der Waals surface area contributed by atoms with Gasteiger partial charge < -0.3 is 20.5 Å². The lowest BCUT2D eigenvalue weighted by atomic mass is 10.2. The molecular formula is C10H20N2O3. The van der Waals surface area contributed by atoms with E-state index in [0.717, 1.165) is 12.8 Å². The van der Waals surface area contributed by atoms with Gasteiger partial charge in [0.2, 0.25) is 5.91 Å². The lowest BCUT2D eigenvalue weighted by Gasteiger charge is -2.12. The van der Waals surface area contributed by atoms with Crippen LogP contribution >= 0.6 is 0 Å². The lowest BCUT2D eigenvalue weighted by molar-refractivity contribution is -0.132. The minimum Gasteiger partial charge on any atom is -0.380 e. The Balaban J connectivity index is 2.12. The summed E-state index contributed by atoms with van der Waals surface area (Å²) >= 11 is 0. The Kier molecular flexibility index (Phi) is 5.60. The second-order valence-electron chi connectivity index (χ2n) is 3.55. The number of ether oxygens (including phenoxy) is 2. The molecule has 0 unspecified atom stereocenters. The summed E-state index contributed by atoms with van der Waals surface area (Å²) < 4.78 is 10.6. The van der Waals surface area contributed by atoms with E-state index < -0.39 is 0 Å². The monoisotopic (exact) mass is 216 g/mol. The second kappa shape index (κ2) is 6.76. The maximum absolute atomic E-state index is 11.5. The van der Waals surface area contributed by atoms with Gasteiger partial charge in [-0.1, -0.05) is 0 Å². The molecule has 0 radical (unpaired) electrons. The molecule has 5 nitrogen and oxygen atoms in total. The summed E-state index contributed by atoms with van der Waals surface area (Å²) in [5.74, 6) is -0.0503. The van der Waals surface area contributed by atoms with Crippen molar-refractivity contribution in [3.05, 3.63) is 0 Å². The maximum Gasteiger partial charge on any atom is 0.249 e. The van der Waals surface area contributed by atoms with E-state index in [1.165, 1.54) is 0 Å². The van der Waals surface area contributed by atoms with Gasteiger partial charge in [0.25, 0.3) is 0 Å². The molecule has 1 saturated heterocycles. The third-order valence-electron chi connectivity index (χ3n) is 2.41. The molecule has 1 amide bonds. The topological polar surface area (TPSA) is 73.6 Å². The van der Waals surface area contributed by atoms with Gasteiger partial charge in [0, 0.05) is 19.7 Å². The van der Waals surface area contributed by atoms with E-state index in [-0.39, 0.29) is 18.1 Å². The van der Waals surface area contributed by atoms with Gasteiger partial charge in [0.1, 0.15) is 6.10 Å². The second-order valence-corrected chi connectivity index (χ2v) is 3.55. The minimum absolute atomic E-state index is 0.0487. The molecule has 0 aromatic carbocycles. The highest BCUT2D eigenvalue weighted by molar-refractivity contribution is 5.80. The van der Waals surface area contributed by atoms with Crippen LogP contribution in [-0.4, -0.2) is 44.4 Å². The molecule has 1 heterocycles. The maximum atomic E-state index is 11.5. The molecule has 0 spiro atoms. The van der Waals surface area contributed by atoms with Crippen molar-refractivity contribution in [2.45, 2.75) is 32.0 Å². The fourth-order valence-corrected chi connectivity index (χ4v) is 1.58. The highest BCUT2D eigenvalue weighted by Gasteiger charge is 2.29. The molecule has 1 aliphatic heterocycles. The van der Waals surface area contributed by atoms with E-state index in [4.69, 9.17) is 15.2 Å². The van der Waals surface area contributed by atoms with Crippen molar-refractivity contribution < 1.29 is 14.3 Å². The predicted octanol–water partition coefficient (Wildman–Crippen LogP) is -0.355. The van der Waals surface area contributed by atoms with Crippen LogP contribution in [0.2, 0.25) is 0 Å². The molecule has 15 heavy (non-hydrogen) atoms. The number of carbonyl (C=O) groups excluding carboxylic acids is 1. The van der Waals surface area contributed by atoms with Gasteiger partial charge in [-0.15, -0.1) is 0 Å². The smallest absolute Gasteiger partial charge is 0.249 e. The number of nitrogens with one attached hydrogen (secondary N) is 1. The van der Waals surface area contributed by atoms with Crippen molar-refractivity contribution in [2.24, 2.45) is 5.73 Å². The van der Waals surface area contributed by atoms with Crippen molar-refractivity contribution in [1.82, 2.24) is 5.32 Å². The molecule has 0 aromatic heterocycles. The normalized spacial score (nSPS) is 25.5. The third kappa shape index (κ3) is 4.15. The highest BCUT2D eigenvalue weighted by Crippen LogP contribution is 2.18. The van der Waals surface area contributed by atoms with Gasteiger partial charge in [0.15, 0.2) is 0 Å². The molecule has 0 bridgehead atoms. The largest absolute Gasteiger partial charge is 0.380 e. The van der Waals surface area contributed by atoms with Crippen molar-refractivity contribution in [3.8, 4) is 0 Å². The quantitative estimate of drug-likeness (QED) is 0.595. The Bertz CT molecular complexity index is 199. The van der Waals surface area contributed by atoms with Gasteiger partial charge in [-0.25, -0.2) is 0 Å². The molecule has 88 valence electrons. The number of carbonyl (C=O) groups is 1. The predicted molar refractivity (Wildman–Crippen MR) is 56.5 cm³/mol. The van der Waals surface area contributed by atoms with E-state index in [0.29, 0.717) is 26.3 Å². The van der Waals surface area contributed by atoms with Crippen LogP contribution in [0.4, 0.5) is 0 Å². The first-order chi connectivity index (χ1) is 7.27. The van der Waals surface area contributed by atoms with Gasteiger partial charge in [0.05, 0.1) is 12.7 Å². The molecule has 1 rings (SSSR count). The molecule has 0 aliphatic carbocycles. The zero-order chi connectivity index (χ0) is 11.1. The van der Waals surface area contributed by atoms with Crippen LogP contribution in [0, 0.1) is 0 Å². The highest BCUT2D eigenvalue weighted by atomic mass is 16.5.